The molecule has 1 aliphatic rings. The molecule has 0 aromatic carbocycles. The van der Waals surface area contributed by atoms with Crippen LogP contribution in [-0.4, -0.2) is 34.1 Å². The Hall–Kier alpha value is -0.550. The normalized spacial score (nSPS) is 17.4. The summed E-state index contributed by atoms with van der Waals surface area (Å²) in [6.07, 6.45) is 0. The SMILES string of the molecule is CC(C)(O)C(=O)NC1=NCCS1. The lowest BCUT2D eigenvalue weighted by Crippen LogP contribution is -2.43. The number of nitrogens with one attached hydrogen (secondary N) is 1. The maximum atomic E-state index is 11.2. The molecule has 1 amide bonds. The van der Waals surface area contributed by atoms with E-state index in [1.807, 2.05) is 0 Å². The minimum absolute atomic E-state index is 0.407. The van der Waals surface area contributed by atoms with Crippen molar-refractivity contribution in [1.82, 2.24) is 5.32 Å². The summed E-state index contributed by atoms with van der Waals surface area (Å²) >= 11 is 1.49. The van der Waals surface area contributed by atoms with Gasteiger partial charge in [0.2, 0.25) is 0 Å². The van der Waals surface area contributed by atoms with E-state index in [-0.39, 0.29) is 0 Å². The fourth-order valence-corrected chi connectivity index (χ4v) is 1.38. The molecule has 2 N–H and O–H groups in total. The van der Waals surface area contributed by atoms with Crippen LogP contribution in [0.4, 0.5) is 0 Å². The van der Waals surface area contributed by atoms with Crippen LogP contribution >= 0.6 is 11.8 Å². The van der Waals surface area contributed by atoms with Crippen molar-refractivity contribution < 1.29 is 9.90 Å². The predicted molar refractivity (Wildman–Crippen MR) is 49.2 cm³/mol. The summed E-state index contributed by atoms with van der Waals surface area (Å²) in [5.74, 6) is 0.497. The van der Waals surface area contributed by atoms with Crippen LogP contribution in [0.3, 0.4) is 0 Å². The lowest BCUT2D eigenvalue weighted by Gasteiger charge is -2.15. The van der Waals surface area contributed by atoms with Gasteiger partial charge in [0.05, 0.1) is 6.54 Å². The molecule has 0 spiro atoms. The van der Waals surface area contributed by atoms with E-state index in [9.17, 15) is 9.90 Å². The lowest BCUT2D eigenvalue weighted by molar-refractivity contribution is -0.134. The van der Waals surface area contributed by atoms with Gasteiger partial charge in [0.15, 0.2) is 5.17 Å². The monoisotopic (exact) mass is 188 g/mol. The largest absolute Gasteiger partial charge is 0.381 e. The Morgan fingerprint density at radius 3 is 2.83 bits per heavy atom. The van der Waals surface area contributed by atoms with Gasteiger partial charge >= 0.3 is 0 Å². The zero-order chi connectivity index (χ0) is 9.19. The number of hydrogen-bond donors (Lipinski definition) is 2. The molecule has 0 atom stereocenters. The van der Waals surface area contributed by atoms with Gasteiger partial charge < -0.3 is 10.4 Å². The summed E-state index contributed by atoms with van der Waals surface area (Å²) in [6, 6.07) is 0. The molecule has 1 aliphatic heterocycles. The highest BCUT2D eigenvalue weighted by molar-refractivity contribution is 8.14. The van der Waals surface area contributed by atoms with Crippen LogP contribution in [0, 0.1) is 0 Å². The number of rotatable bonds is 1. The smallest absolute Gasteiger partial charge is 0.257 e. The Morgan fingerprint density at radius 1 is 1.75 bits per heavy atom. The molecule has 0 aromatic heterocycles. The Bertz CT molecular complexity index is 220. The first kappa shape index (κ1) is 9.54. The van der Waals surface area contributed by atoms with Crippen molar-refractivity contribution in [3.63, 3.8) is 0 Å². The molecule has 12 heavy (non-hydrogen) atoms. The molecule has 1 heterocycles. The molecule has 0 aromatic rings. The van der Waals surface area contributed by atoms with Crippen LogP contribution < -0.4 is 5.32 Å². The van der Waals surface area contributed by atoms with Gasteiger partial charge in [-0.15, -0.1) is 0 Å². The van der Waals surface area contributed by atoms with Crippen molar-refractivity contribution in [3.05, 3.63) is 0 Å². The second-order valence-electron chi connectivity index (χ2n) is 3.05. The van der Waals surface area contributed by atoms with Crippen LogP contribution in [0.5, 0.6) is 0 Å². The van der Waals surface area contributed by atoms with Crippen molar-refractivity contribution in [1.29, 1.82) is 0 Å². The van der Waals surface area contributed by atoms with Gasteiger partial charge in [0.25, 0.3) is 5.91 Å². The van der Waals surface area contributed by atoms with Crippen LogP contribution in [0.2, 0.25) is 0 Å². The molecule has 4 nitrogen and oxygen atoms in total. The first-order valence-electron chi connectivity index (χ1n) is 3.71. The van der Waals surface area contributed by atoms with Gasteiger partial charge in [-0.2, -0.15) is 0 Å². The zero-order valence-electron chi connectivity index (χ0n) is 7.13. The van der Waals surface area contributed by atoms with Gasteiger partial charge in [-0.1, -0.05) is 11.8 Å². The molecule has 68 valence electrons. The third-order valence-electron chi connectivity index (χ3n) is 1.36. The van der Waals surface area contributed by atoms with E-state index >= 15 is 0 Å². The van der Waals surface area contributed by atoms with Crippen molar-refractivity contribution in [3.8, 4) is 0 Å². The minimum atomic E-state index is -1.33. The van der Waals surface area contributed by atoms with Gasteiger partial charge in [-0.25, -0.2) is 0 Å². The molecule has 0 bridgehead atoms. The Labute approximate surface area is 75.4 Å². The number of nitrogens with zero attached hydrogens (tertiary/aromatic N) is 1. The first-order valence-corrected chi connectivity index (χ1v) is 4.70. The summed E-state index contributed by atoms with van der Waals surface area (Å²) in [5.41, 5.74) is -1.33. The molecule has 1 rings (SSSR count). The molecule has 0 fully saturated rings. The zero-order valence-corrected chi connectivity index (χ0v) is 7.94. The number of aliphatic imine (C=N–C) groups is 1. The predicted octanol–water partition coefficient (Wildman–Crippen LogP) is -0.0237. The third kappa shape index (κ3) is 2.49. The molecule has 0 unspecified atom stereocenters. The Balaban J connectivity index is 2.46. The van der Waals surface area contributed by atoms with E-state index in [1.165, 1.54) is 25.6 Å². The highest BCUT2D eigenvalue weighted by Crippen LogP contribution is 2.10. The standard InChI is InChI=1S/C7H12N2O2S/c1-7(2,11)5(10)9-6-8-3-4-12-6/h11H,3-4H2,1-2H3,(H,8,9,10). The van der Waals surface area contributed by atoms with E-state index in [1.54, 1.807) is 0 Å². The second-order valence-corrected chi connectivity index (χ2v) is 4.13. The van der Waals surface area contributed by atoms with Crippen molar-refractivity contribution in [2.45, 2.75) is 19.4 Å². The average Bonchev–Trinajstić information content (AvgIpc) is 2.37. The van der Waals surface area contributed by atoms with E-state index < -0.39 is 11.5 Å². The molecule has 0 saturated carbocycles. The van der Waals surface area contributed by atoms with Crippen LogP contribution in [0.25, 0.3) is 0 Å². The van der Waals surface area contributed by atoms with Crippen molar-refractivity contribution in [2.24, 2.45) is 4.99 Å². The first-order chi connectivity index (χ1) is 5.50. The molecule has 0 radical (unpaired) electrons. The molecular weight excluding hydrogens is 176 g/mol. The van der Waals surface area contributed by atoms with E-state index in [2.05, 4.69) is 10.3 Å². The van der Waals surface area contributed by atoms with Crippen LogP contribution in [-0.2, 0) is 4.79 Å². The maximum Gasteiger partial charge on any atom is 0.257 e. The van der Waals surface area contributed by atoms with E-state index in [0.29, 0.717) is 5.17 Å². The van der Waals surface area contributed by atoms with Gasteiger partial charge in [0.1, 0.15) is 5.60 Å². The minimum Gasteiger partial charge on any atom is -0.381 e. The van der Waals surface area contributed by atoms with Crippen LogP contribution in [0.1, 0.15) is 13.8 Å². The average molecular weight is 188 g/mol. The highest BCUT2D eigenvalue weighted by Gasteiger charge is 2.25. The third-order valence-corrected chi connectivity index (χ3v) is 2.25. The summed E-state index contributed by atoms with van der Waals surface area (Å²) in [5, 5.41) is 12.4. The summed E-state index contributed by atoms with van der Waals surface area (Å²) in [6.45, 7) is 3.64. The summed E-state index contributed by atoms with van der Waals surface area (Å²) < 4.78 is 0. The fourth-order valence-electron chi connectivity index (χ4n) is 0.661. The van der Waals surface area contributed by atoms with E-state index in [4.69, 9.17) is 0 Å². The maximum absolute atomic E-state index is 11.2. The fraction of sp³-hybridized carbons (Fsp3) is 0.714. The number of hydrogen-bond acceptors (Lipinski definition) is 4. The second kappa shape index (κ2) is 3.45. The summed E-state index contributed by atoms with van der Waals surface area (Å²) in [4.78, 5) is 15.2. The molecule has 0 saturated heterocycles. The Kier molecular flexibility index (Phi) is 2.74. The molecule has 5 heteroatoms. The number of amidine groups is 1. The van der Waals surface area contributed by atoms with Gasteiger partial charge in [-0.3, -0.25) is 9.79 Å². The molecule has 0 aliphatic carbocycles. The van der Waals surface area contributed by atoms with E-state index in [0.717, 1.165) is 12.3 Å². The number of thioether (sulfide) groups is 1. The van der Waals surface area contributed by atoms with Crippen LogP contribution in [0.15, 0.2) is 4.99 Å². The number of amides is 1. The quantitative estimate of drug-likeness (QED) is 0.607. The number of aliphatic hydroxyl groups is 1. The Morgan fingerprint density at radius 2 is 2.42 bits per heavy atom. The highest BCUT2D eigenvalue weighted by atomic mass is 32.2. The molecular formula is C7H12N2O2S. The topological polar surface area (TPSA) is 61.7 Å². The number of carbonyl (C=O) groups excluding carboxylic acids is 1. The lowest BCUT2D eigenvalue weighted by atomic mass is 10.1. The van der Waals surface area contributed by atoms with Gasteiger partial charge in [-0.05, 0) is 13.8 Å². The van der Waals surface area contributed by atoms with Crippen molar-refractivity contribution in [2.75, 3.05) is 12.3 Å². The number of carbonyl (C=O) groups is 1. The summed E-state index contributed by atoms with van der Waals surface area (Å²) in [7, 11) is 0. The van der Waals surface area contributed by atoms with Gasteiger partial charge in [0, 0.05) is 5.75 Å². The van der Waals surface area contributed by atoms with Crippen molar-refractivity contribution >= 4 is 22.8 Å².